The first-order valence-corrected chi connectivity index (χ1v) is 4.37. The van der Waals surface area contributed by atoms with E-state index in [9.17, 15) is 0 Å². The van der Waals surface area contributed by atoms with Crippen LogP contribution in [-0.4, -0.2) is 11.7 Å². The lowest BCUT2D eigenvalue weighted by atomic mass is 9.98. The van der Waals surface area contributed by atoms with Gasteiger partial charge in [0.25, 0.3) is 0 Å². The molecule has 0 unspecified atom stereocenters. The molecule has 1 aromatic rings. The predicted molar refractivity (Wildman–Crippen MR) is 49.2 cm³/mol. The summed E-state index contributed by atoms with van der Waals surface area (Å²) in [4.78, 5) is 0. The Hall–Kier alpha value is -1.02. The minimum atomic E-state index is 0.158. The Morgan fingerprint density at radius 3 is 3.17 bits per heavy atom. The Morgan fingerprint density at radius 1 is 1.42 bits per heavy atom. The quantitative estimate of drug-likeness (QED) is 0.658. The van der Waals surface area contributed by atoms with E-state index < -0.39 is 0 Å². The number of nitrogens with one attached hydrogen (secondary N) is 1. The van der Waals surface area contributed by atoms with Crippen LogP contribution < -0.4 is 5.32 Å². The number of hydrogen-bond donors (Lipinski definition) is 2. The van der Waals surface area contributed by atoms with E-state index in [4.69, 9.17) is 5.11 Å². The van der Waals surface area contributed by atoms with Crippen LogP contribution in [0.4, 0.5) is 5.69 Å². The Labute approximate surface area is 72.2 Å². The lowest BCUT2D eigenvalue weighted by molar-refractivity contribution is 0.280. The Bertz CT molecular complexity index is 269. The van der Waals surface area contributed by atoms with Crippen LogP contribution in [0.3, 0.4) is 0 Å². The molecule has 0 bridgehead atoms. The van der Waals surface area contributed by atoms with Crippen molar-refractivity contribution in [2.75, 3.05) is 11.9 Å². The maximum Gasteiger partial charge on any atom is 0.0685 e. The molecule has 0 atom stereocenters. The minimum Gasteiger partial charge on any atom is -0.392 e. The first-order valence-electron chi connectivity index (χ1n) is 4.37. The number of rotatable bonds is 1. The van der Waals surface area contributed by atoms with Gasteiger partial charge in [-0.2, -0.15) is 0 Å². The molecule has 0 radical (unpaired) electrons. The molecule has 0 aliphatic carbocycles. The monoisotopic (exact) mass is 163 g/mol. The van der Waals surface area contributed by atoms with Crippen molar-refractivity contribution in [3.63, 3.8) is 0 Å². The zero-order chi connectivity index (χ0) is 8.39. The summed E-state index contributed by atoms with van der Waals surface area (Å²) in [5, 5.41) is 12.4. The van der Waals surface area contributed by atoms with E-state index >= 15 is 0 Å². The first-order chi connectivity index (χ1) is 5.92. The molecule has 0 spiro atoms. The van der Waals surface area contributed by atoms with Gasteiger partial charge in [0.1, 0.15) is 0 Å². The first kappa shape index (κ1) is 7.62. The average molecular weight is 163 g/mol. The Morgan fingerprint density at radius 2 is 2.33 bits per heavy atom. The summed E-state index contributed by atoms with van der Waals surface area (Å²) < 4.78 is 0. The SMILES string of the molecule is OCc1cccc2c1CCCN2. The largest absolute Gasteiger partial charge is 0.392 e. The van der Waals surface area contributed by atoms with Crippen molar-refractivity contribution in [2.45, 2.75) is 19.4 Å². The highest BCUT2D eigenvalue weighted by Gasteiger charge is 2.10. The van der Waals surface area contributed by atoms with Gasteiger partial charge in [0.15, 0.2) is 0 Å². The summed E-state index contributed by atoms with van der Waals surface area (Å²) >= 11 is 0. The number of benzene rings is 1. The average Bonchev–Trinajstić information content (AvgIpc) is 2.17. The molecule has 1 aromatic carbocycles. The third kappa shape index (κ3) is 1.18. The fourth-order valence-corrected chi connectivity index (χ4v) is 1.73. The van der Waals surface area contributed by atoms with Gasteiger partial charge >= 0.3 is 0 Å². The number of aliphatic hydroxyl groups is 1. The van der Waals surface area contributed by atoms with Gasteiger partial charge in [-0.1, -0.05) is 12.1 Å². The summed E-state index contributed by atoms with van der Waals surface area (Å²) in [5.41, 5.74) is 3.57. The third-order valence-electron chi connectivity index (χ3n) is 2.36. The molecular weight excluding hydrogens is 150 g/mol. The summed E-state index contributed by atoms with van der Waals surface area (Å²) in [7, 11) is 0. The van der Waals surface area contributed by atoms with Crippen LogP contribution in [-0.2, 0) is 13.0 Å². The molecule has 2 N–H and O–H groups in total. The highest BCUT2D eigenvalue weighted by atomic mass is 16.3. The highest BCUT2D eigenvalue weighted by molar-refractivity contribution is 5.56. The van der Waals surface area contributed by atoms with E-state index in [1.54, 1.807) is 0 Å². The molecular formula is C10H13NO. The van der Waals surface area contributed by atoms with Gasteiger partial charge in [0, 0.05) is 12.2 Å². The predicted octanol–water partition coefficient (Wildman–Crippen LogP) is 1.54. The zero-order valence-corrected chi connectivity index (χ0v) is 7.01. The van der Waals surface area contributed by atoms with Crippen molar-refractivity contribution in [1.82, 2.24) is 0 Å². The van der Waals surface area contributed by atoms with Gasteiger partial charge in [-0.3, -0.25) is 0 Å². The van der Waals surface area contributed by atoms with Crippen molar-refractivity contribution >= 4 is 5.69 Å². The van der Waals surface area contributed by atoms with E-state index in [1.165, 1.54) is 17.7 Å². The Balaban J connectivity index is 2.44. The highest BCUT2D eigenvalue weighted by Crippen LogP contribution is 2.24. The molecule has 0 saturated heterocycles. The fourth-order valence-electron chi connectivity index (χ4n) is 1.73. The zero-order valence-electron chi connectivity index (χ0n) is 7.01. The molecule has 1 aliphatic heterocycles. The van der Waals surface area contributed by atoms with Crippen LogP contribution >= 0.6 is 0 Å². The molecule has 1 heterocycles. The Kier molecular flexibility index (Phi) is 2.00. The van der Waals surface area contributed by atoms with Crippen molar-refractivity contribution in [3.05, 3.63) is 29.3 Å². The van der Waals surface area contributed by atoms with Crippen LogP contribution in [0.5, 0.6) is 0 Å². The lowest BCUT2D eigenvalue weighted by Crippen LogP contribution is -2.13. The molecule has 0 fully saturated rings. The van der Waals surface area contributed by atoms with Crippen molar-refractivity contribution in [1.29, 1.82) is 0 Å². The van der Waals surface area contributed by atoms with Gasteiger partial charge in [-0.05, 0) is 30.0 Å². The van der Waals surface area contributed by atoms with Crippen molar-refractivity contribution in [2.24, 2.45) is 0 Å². The van der Waals surface area contributed by atoms with Crippen molar-refractivity contribution in [3.8, 4) is 0 Å². The number of aliphatic hydroxyl groups excluding tert-OH is 1. The molecule has 12 heavy (non-hydrogen) atoms. The summed E-state index contributed by atoms with van der Waals surface area (Å²) in [6, 6.07) is 6.06. The van der Waals surface area contributed by atoms with Gasteiger partial charge < -0.3 is 10.4 Å². The molecule has 1 aliphatic rings. The standard InChI is InChI=1S/C10H13NO/c12-7-8-3-1-5-10-9(8)4-2-6-11-10/h1,3,5,11-12H,2,4,6-7H2. The molecule has 2 rings (SSSR count). The van der Waals surface area contributed by atoms with Crippen LogP contribution in [0.1, 0.15) is 17.5 Å². The summed E-state index contributed by atoms with van der Waals surface area (Å²) in [5.74, 6) is 0. The third-order valence-corrected chi connectivity index (χ3v) is 2.36. The number of fused-ring (bicyclic) bond motifs is 1. The smallest absolute Gasteiger partial charge is 0.0685 e. The van der Waals surface area contributed by atoms with Crippen LogP contribution in [0, 0.1) is 0 Å². The lowest BCUT2D eigenvalue weighted by Gasteiger charge is -2.19. The molecule has 0 amide bonds. The molecule has 0 saturated carbocycles. The van der Waals surface area contributed by atoms with E-state index in [-0.39, 0.29) is 6.61 Å². The molecule has 64 valence electrons. The maximum absolute atomic E-state index is 9.07. The summed E-state index contributed by atoms with van der Waals surface area (Å²) in [6.07, 6.45) is 2.27. The van der Waals surface area contributed by atoms with Gasteiger partial charge in [-0.25, -0.2) is 0 Å². The normalized spacial score (nSPS) is 15.1. The van der Waals surface area contributed by atoms with Crippen molar-refractivity contribution < 1.29 is 5.11 Å². The number of hydrogen-bond acceptors (Lipinski definition) is 2. The minimum absolute atomic E-state index is 0.158. The number of anilines is 1. The van der Waals surface area contributed by atoms with E-state index in [1.807, 2.05) is 12.1 Å². The van der Waals surface area contributed by atoms with Crippen LogP contribution in [0.2, 0.25) is 0 Å². The molecule has 2 nitrogen and oxygen atoms in total. The van der Waals surface area contributed by atoms with Crippen LogP contribution in [0.15, 0.2) is 18.2 Å². The summed E-state index contributed by atoms with van der Waals surface area (Å²) in [6.45, 7) is 1.22. The second-order valence-corrected chi connectivity index (χ2v) is 3.13. The van der Waals surface area contributed by atoms with E-state index in [0.717, 1.165) is 18.5 Å². The maximum atomic E-state index is 9.07. The van der Waals surface area contributed by atoms with Crippen LogP contribution in [0.25, 0.3) is 0 Å². The van der Waals surface area contributed by atoms with E-state index in [0.29, 0.717) is 0 Å². The second kappa shape index (κ2) is 3.15. The molecule has 0 aromatic heterocycles. The molecule has 2 heteroatoms. The fraction of sp³-hybridized carbons (Fsp3) is 0.400. The van der Waals surface area contributed by atoms with Gasteiger partial charge in [-0.15, -0.1) is 0 Å². The topological polar surface area (TPSA) is 32.3 Å². The van der Waals surface area contributed by atoms with E-state index in [2.05, 4.69) is 11.4 Å². The van der Waals surface area contributed by atoms with Gasteiger partial charge in [0.2, 0.25) is 0 Å². The van der Waals surface area contributed by atoms with Gasteiger partial charge in [0.05, 0.1) is 6.61 Å². The second-order valence-electron chi connectivity index (χ2n) is 3.13.